The van der Waals surface area contributed by atoms with Crippen molar-refractivity contribution in [1.82, 2.24) is 10.6 Å². The van der Waals surface area contributed by atoms with Crippen LogP contribution in [0, 0.1) is 0 Å². The minimum absolute atomic E-state index is 0.125. The lowest BCUT2D eigenvalue weighted by atomic mass is 9.93. The van der Waals surface area contributed by atoms with Crippen LogP contribution in [-0.4, -0.2) is 28.7 Å². The minimum Gasteiger partial charge on any atom is -0.480 e. The van der Waals surface area contributed by atoms with E-state index in [2.05, 4.69) is 24.5 Å². The monoisotopic (exact) mass is 286 g/mol. The molecule has 1 atom stereocenters. The maximum absolute atomic E-state index is 12.0. The summed E-state index contributed by atoms with van der Waals surface area (Å²) in [5, 5.41) is 14.9. The molecule has 1 unspecified atom stereocenters. The molecule has 0 bridgehead atoms. The number of carbonyl (C=O) groups is 2. The average molecular weight is 286 g/mol. The van der Waals surface area contributed by atoms with Crippen molar-refractivity contribution in [2.75, 3.05) is 0 Å². The summed E-state index contributed by atoms with van der Waals surface area (Å²) in [5.74, 6) is -0.974. The first kappa shape index (κ1) is 18.7. The van der Waals surface area contributed by atoms with Gasteiger partial charge in [0.25, 0.3) is 0 Å². The Morgan fingerprint density at radius 1 is 1.05 bits per heavy atom. The van der Waals surface area contributed by atoms with Crippen LogP contribution in [0.3, 0.4) is 0 Å². The summed E-state index contributed by atoms with van der Waals surface area (Å²) < 4.78 is 0. The number of nitrogens with one attached hydrogen (secondary N) is 2. The van der Waals surface area contributed by atoms with E-state index in [9.17, 15) is 14.7 Å². The Morgan fingerprint density at radius 3 is 2.05 bits per heavy atom. The molecule has 118 valence electrons. The van der Waals surface area contributed by atoms with Crippen molar-refractivity contribution in [2.24, 2.45) is 0 Å². The molecule has 5 heteroatoms. The van der Waals surface area contributed by atoms with Gasteiger partial charge in [0.15, 0.2) is 0 Å². The number of unbranched alkanes of at least 4 members (excludes halogenated alkanes) is 1. The first-order valence-electron chi connectivity index (χ1n) is 7.77. The van der Waals surface area contributed by atoms with Crippen molar-refractivity contribution in [3.8, 4) is 0 Å². The van der Waals surface area contributed by atoms with Gasteiger partial charge in [0.2, 0.25) is 0 Å². The number of amides is 2. The van der Waals surface area contributed by atoms with Crippen molar-refractivity contribution < 1.29 is 14.7 Å². The molecular formula is C15H30N2O3. The third-order valence-corrected chi connectivity index (χ3v) is 3.85. The van der Waals surface area contributed by atoms with Gasteiger partial charge >= 0.3 is 12.0 Å². The molecule has 0 aliphatic carbocycles. The van der Waals surface area contributed by atoms with Gasteiger partial charge in [0.05, 0.1) is 0 Å². The van der Waals surface area contributed by atoms with E-state index in [0.29, 0.717) is 12.8 Å². The van der Waals surface area contributed by atoms with E-state index in [1.165, 1.54) is 0 Å². The second-order valence-corrected chi connectivity index (χ2v) is 5.32. The van der Waals surface area contributed by atoms with Gasteiger partial charge in [-0.15, -0.1) is 0 Å². The molecule has 2 amide bonds. The highest BCUT2D eigenvalue weighted by atomic mass is 16.4. The molecule has 0 radical (unpaired) electrons. The summed E-state index contributed by atoms with van der Waals surface area (Å²) >= 11 is 0. The van der Waals surface area contributed by atoms with E-state index in [-0.39, 0.29) is 12.1 Å². The molecule has 20 heavy (non-hydrogen) atoms. The van der Waals surface area contributed by atoms with Crippen LogP contribution in [0.15, 0.2) is 0 Å². The van der Waals surface area contributed by atoms with Gasteiger partial charge in [-0.3, -0.25) is 0 Å². The Hall–Kier alpha value is -1.26. The number of urea groups is 1. The summed E-state index contributed by atoms with van der Waals surface area (Å²) in [6.45, 7) is 7.75. The Balaban J connectivity index is 4.59. The van der Waals surface area contributed by atoms with Gasteiger partial charge in [-0.05, 0) is 25.7 Å². The molecule has 0 rings (SSSR count). The predicted molar refractivity (Wildman–Crippen MR) is 80.8 cm³/mol. The van der Waals surface area contributed by atoms with Crippen LogP contribution in [0.2, 0.25) is 0 Å². The Morgan fingerprint density at radius 2 is 1.65 bits per heavy atom. The topological polar surface area (TPSA) is 78.4 Å². The molecule has 0 fully saturated rings. The number of carboxylic acids is 1. The van der Waals surface area contributed by atoms with Crippen LogP contribution in [-0.2, 0) is 4.79 Å². The molecule has 0 aromatic heterocycles. The highest BCUT2D eigenvalue weighted by Gasteiger charge is 2.36. The smallest absolute Gasteiger partial charge is 0.329 e. The van der Waals surface area contributed by atoms with Gasteiger partial charge in [-0.1, -0.05) is 47.0 Å². The van der Waals surface area contributed by atoms with Crippen LogP contribution in [0.25, 0.3) is 0 Å². The molecule has 0 saturated carbocycles. The Labute approximate surface area is 122 Å². The number of hydrogen-bond acceptors (Lipinski definition) is 2. The first-order chi connectivity index (χ1) is 9.45. The molecule has 0 aromatic carbocycles. The first-order valence-corrected chi connectivity index (χ1v) is 7.77. The van der Waals surface area contributed by atoms with Gasteiger partial charge in [-0.25, -0.2) is 9.59 Å². The molecular weight excluding hydrogens is 256 g/mol. The zero-order valence-corrected chi connectivity index (χ0v) is 13.3. The summed E-state index contributed by atoms with van der Waals surface area (Å²) in [4.78, 5) is 23.4. The lowest BCUT2D eigenvalue weighted by Crippen LogP contribution is -2.57. The van der Waals surface area contributed by atoms with E-state index in [0.717, 1.165) is 32.1 Å². The van der Waals surface area contributed by atoms with E-state index < -0.39 is 11.5 Å². The third-order valence-electron chi connectivity index (χ3n) is 3.85. The maximum atomic E-state index is 12.0. The molecule has 0 spiro atoms. The van der Waals surface area contributed by atoms with Crippen LogP contribution in [0.1, 0.15) is 72.6 Å². The fourth-order valence-electron chi connectivity index (χ4n) is 2.31. The molecule has 0 saturated heterocycles. The number of hydrogen-bond donors (Lipinski definition) is 3. The molecule has 0 aliphatic rings. The minimum atomic E-state index is -1.16. The lowest BCUT2D eigenvalue weighted by Gasteiger charge is -2.29. The highest BCUT2D eigenvalue weighted by molar-refractivity contribution is 5.86. The highest BCUT2D eigenvalue weighted by Crippen LogP contribution is 2.15. The van der Waals surface area contributed by atoms with Gasteiger partial charge in [0.1, 0.15) is 5.54 Å². The summed E-state index contributed by atoms with van der Waals surface area (Å²) in [6.07, 6.45) is 5.77. The van der Waals surface area contributed by atoms with Crippen molar-refractivity contribution in [3.63, 3.8) is 0 Å². The van der Waals surface area contributed by atoms with E-state index in [1.54, 1.807) is 13.8 Å². The quantitative estimate of drug-likeness (QED) is 0.576. The molecule has 0 heterocycles. The van der Waals surface area contributed by atoms with E-state index in [1.807, 2.05) is 0 Å². The fraction of sp³-hybridized carbons (Fsp3) is 0.867. The SMILES string of the molecule is CCCCC(CCC)NC(=O)NC(CC)(CC)C(=O)O. The number of carboxylic acid groups (broad SMARTS) is 1. The van der Waals surface area contributed by atoms with Crippen LogP contribution >= 0.6 is 0 Å². The largest absolute Gasteiger partial charge is 0.480 e. The van der Waals surface area contributed by atoms with Crippen molar-refractivity contribution in [2.45, 2.75) is 84.2 Å². The third kappa shape index (κ3) is 5.80. The van der Waals surface area contributed by atoms with E-state index in [4.69, 9.17) is 0 Å². The number of carbonyl (C=O) groups excluding carboxylic acids is 1. The molecule has 0 aromatic rings. The average Bonchev–Trinajstić information content (AvgIpc) is 2.42. The lowest BCUT2D eigenvalue weighted by molar-refractivity contribution is -0.144. The Kier molecular flexibility index (Phi) is 9.01. The molecule has 3 N–H and O–H groups in total. The summed E-state index contributed by atoms with van der Waals surface area (Å²) in [7, 11) is 0. The molecule has 0 aliphatic heterocycles. The van der Waals surface area contributed by atoms with E-state index >= 15 is 0 Å². The summed E-state index contributed by atoms with van der Waals surface area (Å²) in [5.41, 5.74) is -1.16. The fourth-order valence-corrected chi connectivity index (χ4v) is 2.31. The van der Waals surface area contributed by atoms with Crippen molar-refractivity contribution >= 4 is 12.0 Å². The van der Waals surface area contributed by atoms with Gasteiger partial charge in [-0.2, -0.15) is 0 Å². The zero-order valence-electron chi connectivity index (χ0n) is 13.3. The van der Waals surface area contributed by atoms with Crippen LogP contribution in [0.4, 0.5) is 4.79 Å². The normalized spacial score (nSPS) is 12.8. The number of aliphatic carboxylic acids is 1. The van der Waals surface area contributed by atoms with Crippen LogP contribution in [0.5, 0.6) is 0 Å². The van der Waals surface area contributed by atoms with Crippen molar-refractivity contribution in [1.29, 1.82) is 0 Å². The maximum Gasteiger partial charge on any atom is 0.329 e. The number of rotatable bonds is 10. The standard InChI is InChI=1S/C15H30N2O3/c1-5-9-11-12(10-6-2)16-14(20)17-15(7-3,8-4)13(18)19/h12H,5-11H2,1-4H3,(H,18,19)(H2,16,17,20). The summed E-state index contributed by atoms with van der Waals surface area (Å²) in [6, 6.07) is -0.245. The zero-order chi connectivity index (χ0) is 15.6. The van der Waals surface area contributed by atoms with Crippen molar-refractivity contribution in [3.05, 3.63) is 0 Å². The second kappa shape index (κ2) is 9.61. The Bertz CT molecular complexity index is 301. The van der Waals surface area contributed by atoms with Crippen LogP contribution < -0.4 is 10.6 Å². The second-order valence-electron chi connectivity index (χ2n) is 5.32. The van der Waals surface area contributed by atoms with Gasteiger partial charge in [0, 0.05) is 6.04 Å². The molecule has 5 nitrogen and oxygen atoms in total. The van der Waals surface area contributed by atoms with Gasteiger partial charge < -0.3 is 15.7 Å². The predicted octanol–water partition coefficient (Wildman–Crippen LogP) is 3.29.